The molecule has 0 aromatic heterocycles. The minimum absolute atomic E-state index is 0.0753. The highest BCUT2D eigenvalue weighted by Gasteiger charge is 2.33. The van der Waals surface area contributed by atoms with Crippen LogP contribution < -0.4 is 5.32 Å². The highest BCUT2D eigenvalue weighted by atomic mass is 32.2. The molecule has 6 heteroatoms. The van der Waals surface area contributed by atoms with Gasteiger partial charge in [0, 0.05) is 26.2 Å². The topological polar surface area (TPSA) is 58.6 Å². The van der Waals surface area contributed by atoms with E-state index in [1.807, 2.05) is 0 Å². The fourth-order valence-corrected chi connectivity index (χ4v) is 4.18. The van der Waals surface area contributed by atoms with E-state index >= 15 is 0 Å². The molecule has 2 heterocycles. The lowest BCUT2D eigenvalue weighted by atomic mass is 10.3. The molecule has 5 nitrogen and oxygen atoms in total. The second-order valence-electron chi connectivity index (χ2n) is 4.58. The van der Waals surface area contributed by atoms with Gasteiger partial charge in [0.2, 0.25) is 10.0 Å². The Balaban J connectivity index is 1.91. The lowest BCUT2D eigenvalue weighted by Gasteiger charge is -2.19. The molecular weight excluding hydrogens is 228 g/mol. The van der Waals surface area contributed by atoms with E-state index in [0.717, 1.165) is 25.8 Å². The molecule has 94 valence electrons. The van der Waals surface area contributed by atoms with Gasteiger partial charge in [-0.05, 0) is 25.8 Å². The summed E-state index contributed by atoms with van der Waals surface area (Å²) in [5.74, 6) is 0.240. The fourth-order valence-electron chi connectivity index (χ4n) is 2.40. The number of rotatable bonds is 4. The van der Waals surface area contributed by atoms with Crippen molar-refractivity contribution in [2.24, 2.45) is 0 Å². The van der Waals surface area contributed by atoms with E-state index in [4.69, 9.17) is 4.74 Å². The van der Waals surface area contributed by atoms with Crippen molar-refractivity contribution in [3.8, 4) is 0 Å². The Morgan fingerprint density at radius 3 is 2.81 bits per heavy atom. The number of methoxy groups -OCH3 is 1. The summed E-state index contributed by atoms with van der Waals surface area (Å²) in [6.07, 6.45) is 2.95. The molecule has 2 fully saturated rings. The van der Waals surface area contributed by atoms with E-state index in [1.54, 1.807) is 11.4 Å². The van der Waals surface area contributed by atoms with E-state index in [2.05, 4.69) is 5.32 Å². The Morgan fingerprint density at radius 1 is 1.44 bits per heavy atom. The first kappa shape index (κ1) is 12.3. The van der Waals surface area contributed by atoms with Gasteiger partial charge in [0.05, 0.1) is 11.9 Å². The average Bonchev–Trinajstić information content (AvgIpc) is 2.85. The zero-order chi connectivity index (χ0) is 11.6. The molecule has 2 rings (SSSR count). The summed E-state index contributed by atoms with van der Waals surface area (Å²) >= 11 is 0. The van der Waals surface area contributed by atoms with Crippen LogP contribution in [0, 0.1) is 0 Å². The summed E-state index contributed by atoms with van der Waals surface area (Å²) in [5, 5.41) is 3.22. The van der Waals surface area contributed by atoms with Crippen molar-refractivity contribution in [3.05, 3.63) is 0 Å². The molecule has 2 aliphatic heterocycles. The lowest BCUT2D eigenvalue weighted by molar-refractivity contribution is 0.115. The van der Waals surface area contributed by atoms with Crippen molar-refractivity contribution < 1.29 is 13.2 Å². The van der Waals surface area contributed by atoms with Crippen LogP contribution in [0.15, 0.2) is 0 Å². The summed E-state index contributed by atoms with van der Waals surface area (Å²) < 4.78 is 30.9. The predicted molar refractivity (Wildman–Crippen MR) is 61.8 cm³/mol. The molecule has 2 atom stereocenters. The Bertz CT molecular complexity index is 325. The van der Waals surface area contributed by atoms with Crippen LogP contribution in [0.1, 0.15) is 19.3 Å². The van der Waals surface area contributed by atoms with Gasteiger partial charge in [-0.15, -0.1) is 0 Å². The Hall–Kier alpha value is -0.170. The molecule has 0 spiro atoms. The first-order valence-corrected chi connectivity index (χ1v) is 7.47. The van der Waals surface area contributed by atoms with Crippen LogP contribution in [-0.4, -0.2) is 57.4 Å². The lowest BCUT2D eigenvalue weighted by Crippen LogP contribution is -2.39. The van der Waals surface area contributed by atoms with E-state index < -0.39 is 10.0 Å². The molecule has 1 N–H and O–H groups in total. The molecule has 0 radical (unpaired) electrons. The maximum Gasteiger partial charge on any atom is 0.215 e. The molecule has 0 aromatic carbocycles. The molecule has 2 aliphatic rings. The van der Waals surface area contributed by atoms with Gasteiger partial charge in [-0.25, -0.2) is 8.42 Å². The zero-order valence-electron chi connectivity index (χ0n) is 9.68. The van der Waals surface area contributed by atoms with Gasteiger partial charge < -0.3 is 10.1 Å². The van der Waals surface area contributed by atoms with Crippen molar-refractivity contribution in [1.29, 1.82) is 0 Å². The molecule has 0 saturated carbocycles. The second-order valence-corrected chi connectivity index (χ2v) is 6.59. The van der Waals surface area contributed by atoms with Gasteiger partial charge >= 0.3 is 0 Å². The van der Waals surface area contributed by atoms with Gasteiger partial charge in [-0.1, -0.05) is 0 Å². The molecule has 2 saturated heterocycles. The highest BCUT2D eigenvalue weighted by molar-refractivity contribution is 7.89. The molecule has 2 unspecified atom stereocenters. The quantitative estimate of drug-likeness (QED) is 0.748. The molecule has 0 amide bonds. The molecule has 16 heavy (non-hydrogen) atoms. The van der Waals surface area contributed by atoms with E-state index in [1.165, 1.54) is 0 Å². The average molecular weight is 248 g/mol. The van der Waals surface area contributed by atoms with Crippen LogP contribution in [0.25, 0.3) is 0 Å². The minimum atomic E-state index is -3.10. The maximum absolute atomic E-state index is 12.1. The van der Waals surface area contributed by atoms with Crippen molar-refractivity contribution in [1.82, 2.24) is 9.62 Å². The van der Waals surface area contributed by atoms with Crippen molar-refractivity contribution in [3.63, 3.8) is 0 Å². The summed E-state index contributed by atoms with van der Waals surface area (Å²) in [7, 11) is -1.46. The first-order chi connectivity index (χ1) is 7.62. The van der Waals surface area contributed by atoms with Gasteiger partial charge in [0.25, 0.3) is 0 Å². The third-order valence-corrected chi connectivity index (χ3v) is 5.35. The van der Waals surface area contributed by atoms with Gasteiger partial charge in [-0.2, -0.15) is 4.31 Å². The normalized spacial score (nSPS) is 32.3. The smallest absolute Gasteiger partial charge is 0.215 e. The van der Waals surface area contributed by atoms with Crippen molar-refractivity contribution >= 4 is 10.0 Å². The highest BCUT2D eigenvalue weighted by Crippen LogP contribution is 2.18. The Morgan fingerprint density at radius 2 is 2.25 bits per heavy atom. The zero-order valence-corrected chi connectivity index (χ0v) is 10.5. The SMILES string of the molecule is COC1CCN(S(=O)(=O)CC2CCCN2)C1. The van der Waals surface area contributed by atoms with Crippen molar-refractivity contribution in [2.45, 2.75) is 31.4 Å². The summed E-state index contributed by atoms with van der Waals surface area (Å²) in [5.41, 5.74) is 0. The Kier molecular flexibility index (Phi) is 3.84. The largest absolute Gasteiger partial charge is 0.380 e. The predicted octanol–water partition coefficient (Wildman–Crippen LogP) is -0.211. The van der Waals surface area contributed by atoms with Crippen LogP contribution >= 0.6 is 0 Å². The molecule has 0 bridgehead atoms. The third kappa shape index (κ3) is 2.74. The van der Waals surface area contributed by atoms with Crippen LogP contribution in [-0.2, 0) is 14.8 Å². The first-order valence-electron chi connectivity index (χ1n) is 5.86. The van der Waals surface area contributed by atoms with Crippen LogP contribution in [0.4, 0.5) is 0 Å². The van der Waals surface area contributed by atoms with Crippen LogP contribution in [0.2, 0.25) is 0 Å². The number of hydrogen-bond acceptors (Lipinski definition) is 4. The number of nitrogens with one attached hydrogen (secondary N) is 1. The number of nitrogens with zero attached hydrogens (tertiary/aromatic N) is 1. The van der Waals surface area contributed by atoms with E-state index in [9.17, 15) is 8.42 Å². The number of ether oxygens (including phenoxy) is 1. The van der Waals surface area contributed by atoms with Gasteiger partial charge in [0.1, 0.15) is 0 Å². The Labute approximate surface area is 97.2 Å². The summed E-state index contributed by atoms with van der Waals surface area (Å²) in [6, 6.07) is 0.145. The third-order valence-electron chi connectivity index (χ3n) is 3.41. The monoisotopic (exact) mass is 248 g/mol. The van der Waals surface area contributed by atoms with Crippen LogP contribution in [0.3, 0.4) is 0 Å². The maximum atomic E-state index is 12.1. The number of sulfonamides is 1. The van der Waals surface area contributed by atoms with Gasteiger partial charge in [-0.3, -0.25) is 0 Å². The minimum Gasteiger partial charge on any atom is -0.380 e. The van der Waals surface area contributed by atoms with E-state index in [-0.39, 0.29) is 17.9 Å². The summed E-state index contributed by atoms with van der Waals surface area (Å²) in [6.45, 7) is 2.07. The second kappa shape index (κ2) is 5.00. The van der Waals surface area contributed by atoms with Crippen LogP contribution in [0.5, 0.6) is 0 Å². The molecule has 0 aromatic rings. The molecular formula is C10H20N2O3S. The van der Waals surface area contributed by atoms with E-state index in [0.29, 0.717) is 13.1 Å². The molecule has 0 aliphatic carbocycles. The fraction of sp³-hybridized carbons (Fsp3) is 1.00. The van der Waals surface area contributed by atoms with Gasteiger partial charge in [0.15, 0.2) is 0 Å². The standard InChI is InChI=1S/C10H20N2O3S/c1-15-10-4-6-12(7-10)16(13,14)8-9-3-2-5-11-9/h9-11H,2-8H2,1H3. The van der Waals surface area contributed by atoms with Crippen molar-refractivity contribution in [2.75, 3.05) is 32.5 Å². The number of hydrogen-bond donors (Lipinski definition) is 1. The summed E-state index contributed by atoms with van der Waals surface area (Å²) in [4.78, 5) is 0.